The van der Waals surface area contributed by atoms with Crippen molar-refractivity contribution in [3.63, 3.8) is 0 Å². The number of sulfone groups is 1. The van der Waals surface area contributed by atoms with Gasteiger partial charge in [-0.2, -0.15) is 0 Å². The summed E-state index contributed by atoms with van der Waals surface area (Å²) in [7, 11) is -5.05. The van der Waals surface area contributed by atoms with Gasteiger partial charge in [0.1, 0.15) is 0 Å². The van der Waals surface area contributed by atoms with Crippen LogP contribution in [0.3, 0.4) is 0 Å². The third-order valence-electron chi connectivity index (χ3n) is 2.47. The molecule has 1 saturated heterocycles. The van der Waals surface area contributed by atoms with E-state index in [1.165, 1.54) is 0 Å². The third-order valence-corrected chi connectivity index (χ3v) is 5.76. The normalized spacial score (nSPS) is 25.7. The van der Waals surface area contributed by atoms with Crippen LogP contribution in [-0.4, -0.2) is 41.0 Å². The molecule has 1 unspecified atom stereocenters. The summed E-state index contributed by atoms with van der Waals surface area (Å²) in [5.74, 6) is 0.407. The molecule has 6 heteroatoms. The Balaban J connectivity index is 2.12. The molecule has 0 N–H and O–H groups in total. The van der Waals surface area contributed by atoms with Crippen LogP contribution in [0, 0.1) is 0 Å². The average molecular weight is 251 g/mol. The van der Waals surface area contributed by atoms with Gasteiger partial charge in [-0.3, -0.25) is 4.80 Å². The molecule has 89 valence electrons. The Morgan fingerprint density at radius 2 is 2.07 bits per heavy atom. The van der Waals surface area contributed by atoms with Crippen molar-refractivity contribution >= 4 is 18.2 Å². The zero-order valence-corrected chi connectivity index (χ0v) is 11.2. The summed E-state index contributed by atoms with van der Waals surface area (Å²) in [6.45, 7) is 4.10. The van der Waals surface area contributed by atoms with Crippen LogP contribution >= 0.6 is 0 Å². The predicted octanol–water partition coefficient (Wildman–Crippen LogP) is 1.22. The summed E-state index contributed by atoms with van der Waals surface area (Å²) in [4.78, 5) is 11.4. The lowest BCUT2D eigenvalue weighted by Gasteiger charge is -2.13. The van der Waals surface area contributed by atoms with Gasteiger partial charge >= 0.3 is 0 Å². The van der Waals surface area contributed by atoms with E-state index < -0.39 is 18.2 Å². The molecule has 0 saturated carbocycles. The molecule has 1 aliphatic rings. The second kappa shape index (κ2) is 4.95. The van der Waals surface area contributed by atoms with Crippen LogP contribution in [0.2, 0.25) is 19.1 Å². The highest BCUT2D eigenvalue weighted by atomic mass is 32.2. The first-order valence-corrected chi connectivity index (χ1v) is 10.2. The van der Waals surface area contributed by atoms with Crippen LogP contribution in [0.5, 0.6) is 0 Å². The second-order valence-corrected chi connectivity index (χ2v) is 11.0. The van der Waals surface area contributed by atoms with Crippen molar-refractivity contribution in [3.8, 4) is 0 Å². The maximum atomic E-state index is 11.4. The van der Waals surface area contributed by atoms with E-state index in [4.69, 9.17) is 4.74 Å². The van der Waals surface area contributed by atoms with Gasteiger partial charge in [0.15, 0.2) is 9.84 Å². The van der Waals surface area contributed by atoms with Crippen molar-refractivity contribution in [1.82, 2.24) is 0 Å². The van der Waals surface area contributed by atoms with Crippen LogP contribution in [0.25, 0.3) is 0 Å². The first kappa shape index (κ1) is 13.2. The van der Waals surface area contributed by atoms with Crippen LogP contribution < -0.4 is 0 Å². The van der Waals surface area contributed by atoms with Crippen molar-refractivity contribution in [2.24, 2.45) is 0 Å². The Labute approximate surface area is 92.7 Å². The zero-order valence-electron chi connectivity index (χ0n) is 9.36. The monoisotopic (exact) mass is 251 g/mol. The standard InChI is InChI=1S/C9H19O4SSi/c1-15(2,12)7-3-5-13-9-4-6-14(10,11)8-9/h9H,3-8H2,1-2H3. The van der Waals surface area contributed by atoms with Gasteiger partial charge in [0.25, 0.3) is 0 Å². The molecule has 0 amide bonds. The van der Waals surface area contributed by atoms with Gasteiger partial charge in [-0.15, -0.1) is 0 Å². The minimum absolute atomic E-state index is 0.133. The summed E-state index contributed by atoms with van der Waals surface area (Å²) < 4.78 is 27.7. The fourth-order valence-electron chi connectivity index (χ4n) is 1.64. The number of rotatable bonds is 5. The van der Waals surface area contributed by atoms with Crippen LogP contribution in [0.15, 0.2) is 0 Å². The Morgan fingerprint density at radius 3 is 2.53 bits per heavy atom. The molecule has 1 rings (SSSR count). The highest BCUT2D eigenvalue weighted by Gasteiger charge is 2.28. The molecule has 0 aromatic rings. The van der Waals surface area contributed by atoms with Gasteiger partial charge in [-0.25, -0.2) is 8.42 Å². The number of ether oxygens (including phenoxy) is 1. The van der Waals surface area contributed by atoms with Gasteiger partial charge in [0, 0.05) is 6.61 Å². The van der Waals surface area contributed by atoms with E-state index in [0.29, 0.717) is 19.1 Å². The topological polar surface area (TPSA) is 63.3 Å². The molecule has 0 spiro atoms. The quantitative estimate of drug-likeness (QED) is 0.545. The van der Waals surface area contributed by atoms with Gasteiger partial charge in [-0.05, 0) is 32.0 Å². The lowest BCUT2D eigenvalue weighted by atomic mass is 10.3. The highest BCUT2D eigenvalue weighted by molar-refractivity contribution is 7.91. The molecule has 1 aliphatic heterocycles. The number of hydrogen-bond acceptors (Lipinski definition) is 3. The molecular formula is C9H19O4SSi. The zero-order chi connectivity index (χ0) is 11.5. The Bertz CT molecular complexity index is 294. The van der Waals surface area contributed by atoms with Crippen molar-refractivity contribution in [3.05, 3.63) is 0 Å². The first-order chi connectivity index (χ1) is 6.79. The van der Waals surface area contributed by atoms with Gasteiger partial charge in [-0.1, -0.05) is 0 Å². The molecule has 1 heterocycles. The first-order valence-electron chi connectivity index (χ1n) is 5.31. The van der Waals surface area contributed by atoms with Crippen LogP contribution in [0.4, 0.5) is 0 Å². The van der Waals surface area contributed by atoms with E-state index in [-0.39, 0.29) is 17.6 Å². The molecule has 15 heavy (non-hydrogen) atoms. The fourth-order valence-corrected chi connectivity index (χ4v) is 4.25. The van der Waals surface area contributed by atoms with Crippen molar-refractivity contribution in [2.45, 2.75) is 38.1 Å². The molecule has 4 nitrogen and oxygen atoms in total. The second-order valence-electron chi connectivity index (χ2n) is 4.76. The highest BCUT2D eigenvalue weighted by Crippen LogP contribution is 2.16. The Kier molecular flexibility index (Phi) is 4.34. The summed E-state index contributed by atoms with van der Waals surface area (Å²) in [5, 5.41) is 0. The number of hydrogen-bond donors (Lipinski definition) is 0. The maximum Gasteiger partial charge on any atom is 0.231 e. The summed E-state index contributed by atoms with van der Waals surface area (Å²) in [6.07, 6.45) is 1.24. The Hall–Kier alpha value is 0.0869. The molecule has 1 radical (unpaired) electrons. The van der Waals surface area contributed by atoms with Crippen molar-refractivity contribution in [1.29, 1.82) is 0 Å². The Morgan fingerprint density at radius 1 is 1.40 bits per heavy atom. The van der Waals surface area contributed by atoms with Gasteiger partial charge in [0.05, 0.1) is 17.6 Å². The summed E-state index contributed by atoms with van der Waals surface area (Å²) >= 11 is 0. The van der Waals surface area contributed by atoms with E-state index in [1.807, 2.05) is 0 Å². The minimum Gasteiger partial charge on any atom is -0.377 e. The minimum atomic E-state index is -2.84. The van der Waals surface area contributed by atoms with E-state index in [9.17, 15) is 13.2 Å². The molecule has 0 aromatic heterocycles. The molecule has 0 aliphatic carbocycles. The van der Waals surface area contributed by atoms with Crippen LogP contribution in [-0.2, 0) is 19.4 Å². The van der Waals surface area contributed by atoms with Crippen molar-refractivity contribution < 1.29 is 18.0 Å². The summed E-state index contributed by atoms with van der Waals surface area (Å²) in [6, 6.07) is 0.701. The average Bonchev–Trinajstić information content (AvgIpc) is 2.38. The fraction of sp³-hybridized carbons (Fsp3) is 1.00. The molecular weight excluding hydrogens is 232 g/mol. The van der Waals surface area contributed by atoms with E-state index >= 15 is 0 Å². The lowest BCUT2D eigenvalue weighted by Crippen LogP contribution is -2.23. The molecule has 1 fully saturated rings. The largest absolute Gasteiger partial charge is 0.377 e. The summed E-state index contributed by atoms with van der Waals surface area (Å²) in [5.41, 5.74) is 0. The molecule has 0 aromatic carbocycles. The lowest BCUT2D eigenvalue weighted by molar-refractivity contribution is 0.0709. The van der Waals surface area contributed by atoms with Gasteiger partial charge in [0.2, 0.25) is 8.32 Å². The van der Waals surface area contributed by atoms with E-state index in [0.717, 1.165) is 6.42 Å². The van der Waals surface area contributed by atoms with E-state index in [1.54, 1.807) is 13.1 Å². The molecule has 1 atom stereocenters. The van der Waals surface area contributed by atoms with Gasteiger partial charge < -0.3 is 4.74 Å². The van der Waals surface area contributed by atoms with Crippen LogP contribution in [0.1, 0.15) is 12.8 Å². The molecule has 0 bridgehead atoms. The SMILES string of the molecule is C[Si](C)([O])CCCOC1CCS(=O)(=O)C1. The maximum absolute atomic E-state index is 11.4. The smallest absolute Gasteiger partial charge is 0.231 e. The predicted molar refractivity (Wildman–Crippen MR) is 60.6 cm³/mol. The third kappa shape index (κ3) is 5.65. The van der Waals surface area contributed by atoms with Crippen molar-refractivity contribution in [2.75, 3.05) is 18.1 Å². The van der Waals surface area contributed by atoms with E-state index in [2.05, 4.69) is 0 Å².